The van der Waals surface area contributed by atoms with Crippen LogP contribution in [-0.4, -0.2) is 18.7 Å². The van der Waals surface area contributed by atoms with Gasteiger partial charge in [0.1, 0.15) is 6.10 Å². The summed E-state index contributed by atoms with van der Waals surface area (Å²) in [5, 5.41) is 3.82. The zero-order valence-electron chi connectivity index (χ0n) is 12.0. The van der Waals surface area contributed by atoms with E-state index in [0.717, 1.165) is 12.5 Å². The van der Waals surface area contributed by atoms with Gasteiger partial charge >= 0.3 is 0 Å². The molecule has 3 aliphatic rings. The second-order valence-corrected chi connectivity index (χ2v) is 7.28. The average Bonchev–Trinajstić information content (AvgIpc) is 2.70. The fraction of sp³-hybridized carbons (Fsp3) is 0.875. The molecule has 0 aromatic heterocycles. The Kier molecular flexibility index (Phi) is 2.97. The van der Waals surface area contributed by atoms with E-state index in [0.29, 0.717) is 23.0 Å². The molecule has 0 amide bonds. The van der Waals surface area contributed by atoms with Gasteiger partial charge in [-0.15, -0.1) is 0 Å². The minimum absolute atomic E-state index is 0.390. The Morgan fingerprint density at radius 3 is 2.67 bits per heavy atom. The van der Waals surface area contributed by atoms with E-state index in [4.69, 9.17) is 4.74 Å². The highest BCUT2D eigenvalue weighted by Gasteiger charge is 2.61. The van der Waals surface area contributed by atoms with Crippen LogP contribution in [0.15, 0.2) is 12.3 Å². The summed E-state index contributed by atoms with van der Waals surface area (Å²) in [5.74, 6) is 0.923. The summed E-state index contributed by atoms with van der Waals surface area (Å²) in [6, 6.07) is 0.695. The number of hydrogen-bond donors (Lipinski definition) is 1. The van der Waals surface area contributed by atoms with Crippen molar-refractivity contribution in [2.24, 2.45) is 16.7 Å². The highest BCUT2D eigenvalue weighted by molar-refractivity contribution is 5.13. The maximum atomic E-state index is 5.66. The van der Waals surface area contributed by atoms with Gasteiger partial charge in [0.2, 0.25) is 0 Å². The van der Waals surface area contributed by atoms with Crippen molar-refractivity contribution in [3.8, 4) is 0 Å². The van der Waals surface area contributed by atoms with Crippen molar-refractivity contribution in [1.82, 2.24) is 5.32 Å². The van der Waals surface area contributed by atoms with E-state index >= 15 is 0 Å². The van der Waals surface area contributed by atoms with E-state index in [-0.39, 0.29) is 0 Å². The third-order valence-corrected chi connectivity index (χ3v) is 6.41. The third-order valence-electron chi connectivity index (χ3n) is 6.41. The normalized spacial score (nSPS) is 45.2. The van der Waals surface area contributed by atoms with Crippen LogP contribution in [0.2, 0.25) is 0 Å². The summed E-state index contributed by atoms with van der Waals surface area (Å²) in [6.07, 6.45) is 10.9. The predicted molar refractivity (Wildman–Crippen MR) is 74.3 cm³/mol. The van der Waals surface area contributed by atoms with E-state index in [1.807, 2.05) is 6.26 Å². The topological polar surface area (TPSA) is 21.3 Å². The number of rotatable bonds is 3. The van der Waals surface area contributed by atoms with Crippen molar-refractivity contribution in [3.05, 3.63) is 12.3 Å². The maximum absolute atomic E-state index is 5.66. The molecule has 2 fully saturated rings. The lowest BCUT2D eigenvalue weighted by Crippen LogP contribution is -2.47. The Hall–Kier alpha value is -0.500. The molecule has 0 saturated heterocycles. The molecule has 0 radical (unpaired) electrons. The summed E-state index contributed by atoms with van der Waals surface area (Å²) < 4.78 is 5.66. The van der Waals surface area contributed by atoms with E-state index in [9.17, 15) is 0 Å². The lowest BCUT2D eigenvalue weighted by molar-refractivity contribution is 0.0903. The largest absolute Gasteiger partial charge is 0.497 e. The van der Waals surface area contributed by atoms with Gasteiger partial charge in [-0.3, -0.25) is 0 Å². The average molecular weight is 249 g/mol. The number of hydrogen-bond acceptors (Lipinski definition) is 2. The highest BCUT2D eigenvalue weighted by atomic mass is 16.5. The molecule has 2 nitrogen and oxygen atoms in total. The summed E-state index contributed by atoms with van der Waals surface area (Å²) >= 11 is 0. The molecular formula is C16H27NO. The van der Waals surface area contributed by atoms with Crippen LogP contribution in [0.5, 0.6) is 0 Å². The molecule has 1 aliphatic heterocycles. The molecule has 102 valence electrons. The van der Waals surface area contributed by atoms with Gasteiger partial charge in [-0.05, 0) is 54.9 Å². The number of nitrogens with one attached hydrogen (secondary N) is 1. The molecule has 4 unspecified atom stereocenters. The fourth-order valence-electron chi connectivity index (χ4n) is 4.52. The quantitative estimate of drug-likeness (QED) is 0.827. The first kappa shape index (κ1) is 12.5. The van der Waals surface area contributed by atoms with E-state index in [1.54, 1.807) is 0 Å². The van der Waals surface area contributed by atoms with E-state index in [1.165, 1.54) is 32.1 Å². The number of fused-ring (bicyclic) bond motifs is 2. The van der Waals surface area contributed by atoms with Gasteiger partial charge in [-0.1, -0.05) is 20.8 Å². The summed E-state index contributed by atoms with van der Waals surface area (Å²) in [4.78, 5) is 0. The second kappa shape index (κ2) is 4.26. The Morgan fingerprint density at radius 2 is 2.11 bits per heavy atom. The highest BCUT2D eigenvalue weighted by Crippen LogP contribution is 2.65. The summed E-state index contributed by atoms with van der Waals surface area (Å²) in [6.45, 7) is 8.48. The Morgan fingerprint density at radius 1 is 1.28 bits per heavy atom. The molecule has 2 bridgehead atoms. The van der Waals surface area contributed by atoms with Crippen LogP contribution in [0.1, 0.15) is 52.9 Å². The lowest BCUT2D eigenvalue weighted by Gasteiger charge is -2.40. The van der Waals surface area contributed by atoms with Gasteiger partial charge in [0.15, 0.2) is 0 Å². The third kappa shape index (κ3) is 1.72. The Balaban J connectivity index is 1.60. The van der Waals surface area contributed by atoms with Gasteiger partial charge < -0.3 is 10.1 Å². The molecular weight excluding hydrogens is 222 g/mol. The van der Waals surface area contributed by atoms with Gasteiger partial charge in [0.05, 0.1) is 6.26 Å². The molecule has 0 spiro atoms. The van der Waals surface area contributed by atoms with Crippen molar-refractivity contribution in [1.29, 1.82) is 0 Å². The van der Waals surface area contributed by atoms with Crippen molar-refractivity contribution < 1.29 is 4.74 Å². The molecule has 1 heterocycles. The minimum atomic E-state index is 0.390. The second-order valence-electron chi connectivity index (χ2n) is 7.28. The molecule has 2 saturated carbocycles. The molecule has 2 heteroatoms. The van der Waals surface area contributed by atoms with Crippen molar-refractivity contribution in [2.45, 2.75) is 65.0 Å². The standard InChI is InChI=1S/C16H27NO/c1-15(2)12-7-8-16(15,3)14(10-12)17-11-13-6-4-5-9-18-13/h5,9,12-14,17H,4,6-8,10-11H2,1-3H3. The molecule has 1 N–H and O–H groups in total. The monoisotopic (exact) mass is 249 g/mol. The molecule has 18 heavy (non-hydrogen) atoms. The van der Waals surface area contributed by atoms with Gasteiger partial charge in [-0.2, -0.15) is 0 Å². The van der Waals surface area contributed by atoms with Crippen LogP contribution in [-0.2, 0) is 4.74 Å². The molecule has 0 aromatic carbocycles. The molecule has 3 rings (SSSR count). The number of allylic oxidation sites excluding steroid dienone is 1. The zero-order valence-corrected chi connectivity index (χ0v) is 12.0. The maximum Gasteiger partial charge on any atom is 0.110 e. The smallest absolute Gasteiger partial charge is 0.110 e. The summed E-state index contributed by atoms with van der Waals surface area (Å²) in [5.41, 5.74) is 1.00. The first-order valence-corrected chi connectivity index (χ1v) is 7.58. The van der Waals surface area contributed by atoms with Crippen molar-refractivity contribution >= 4 is 0 Å². The number of ether oxygens (including phenoxy) is 1. The van der Waals surface area contributed by atoms with Crippen molar-refractivity contribution in [3.63, 3.8) is 0 Å². The van der Waals surface area contributed by atoms with Crippen LogP contribution in [0.4, 0.5) is 0 Å². The van der Waals surface area contributed by atoms with Gasteiger partial charge in [0.25, 0.3) is 0 Å². The van der Waals surface area contributed by atoms with Gasteiger partial charge in [-0.25, -0.2) is 0 Å². The van der Waals surface area contributed by atoms with Crippen LogP contribution >= 0.6 is 0 Å². The fourth-order valence-corrected chi connectivity index (χ4v) is 4.52. The van der Waals surface area contributed by atoms with Crippen LogP contribution in [0, 0.1) is 16.7 Å². The zero-order chi connectivity index (χ0) is 12.8. The Labute approximate surface area is 111 Å². The first-order chi connectivity index (χ1) is 8.54. The molecule has 0 aromatic rings. The van der Waals surface area contributed by atoms with E-state index < -0.39 is 0 Å². The van der Waals surface area contributed by atoms with Crippen LogP contribution < -0.4 is 5.32 Å². The predicted octanol–water partition coefficient (Wildman–Crippen LogP) is 3.48. The van der Waals surface area contributed by atoms with Crippen LogP contribution in [0.25, 0.3) is 0 Å². The molecule has 4 atom stereocenters. The SMILES string of the molecule is CC1(C)C2CCC1(C)C(NCC1CCC=CO1)C2. The Bertz CT molecular complexity index is 349. The van der Waals surface area contributed by atoms with Crippen molar-refractivity contribution in [2.75, 3.05) is 6.54 Å². The first-order valence-electron chi connectivity index (χ1n) is 7.58. The molecule has 2 aliphatic carbocycles. The lowest BCUT2D eigenvalue weighted by atomic mass is 9.69. The van der Waals surface area contributed by atoms with E-state index in [2.05, 4.69) is 32.2 Å². The van der Waals surface area contributed by atoms with Gasteiger partial charge in [0, 0.05) is 12.6 Å². The summed E-state index contributed by atoms with van der Waals surface area (Å²) in [7, 11) is 0. The van der Waals surface area contributed by atoms with Crippen LogP contribution in [0.3, 0.4) is 0 Å². The minimum Gasteiger partial charge on any atom is -0.497 e.